The van der Waals surface area contributed by atoms with E-state index in [0.29, 0.717) is 17.7 Å². The minimum absolute atomic E-state index is 0.249. The van der Waals surface area contributed by atoms with E-state index in [-0.39, 0.29) is 5.11 Å². The number of hydrogen-bond acceptors (Lipinski definition) is 4. The first-order valence-electron chi connectivity index (χ1n) is 8.83. The van der Waals surface area contributed by atoms with Crippen molar-refractivity contribution in [3.8, 4) is 0 Å². The molecule has 8 heteroatoms. The van der Waals surface area contributed by atoms with Crippen LogP contribution in [0.5, 0.6) is 0 Å². The molecule has 3 rings (SSSR count). The molecule has 0 fully saturated rings. The summed E-state index contributed by atoms with van der Waals surface area (Å²) >= 11 is 5.13. The summed E-state index contributed by atoms with van der Waals surface area (Å²) in [6.45, 7) is 2.09. The first-order valence-corrected chi connectivity index (χ1v) is 9.24. The van der Waals surface area contributed by atoms with E-state index in [9.17, 15) is 14.4 Å². The molecule has 2 aromatic carbocycles. The molecule has 7 nitrogen and oxygen atoms in total. The predicted molar refractivity (Wildman–Crippen MR) is 108 cm³/mol. The van der Waals surface area contributed by atoms with Crippen LogP contribution in [0.4, 0.5) is 0 Å². The molecule has 1 heterocycles. The lowest BCUT2D eigenvalue weighted by Crippen LogP contribution is -2.54. The summed E-state index contributed by atoms with van der Waals surface area (Å²) in [6, 6.07) is 15.4. The molecule has 0 bridgehead atoms. The van der Waals surface area contributed by atoms with Gasteiger partial charge in [0.2, 0.25) is 0 Å². The van der Waals surface area contributed by atoms with Crippen LogP contribution in [0.15, 0.2) is 54.6 Å². The highest BCUT2D eigenvalue weighted by atomic mass is 32.1. The summed E-state index contributed by atoms with van der Waals surface area (Å²) in [5.41, 5.74) is 6.81. The second-order valence-corrected chi connectivity index (χ2v) is 6.72. The first kappa shape index (κ1) is 19.5. The lowest BCUT2D eigenvalue weighted by Gasteiger charge is -2.22. The molecular weight excluding hydrogens is 376 g/mol. The van der Waals surface area contributed by atoms with E-state index in [1.54, 1.807) is 24.3 Å². The normalized spacial score (nSPS) is 13.7. The summed E-state index contributed by atoms with van der Waals surface area (Å²) < 4.78 is 0. The Morgan fingerprint density at radius 2 is 1.54 bits per heavy atom. The van der Waals surface area contributed by atoms with Crippen molar-refractivity contribution in [3.63, 3.8) is 0 Å². The van der Waals surface area contributed by atoms with Crippen molar-refractivity contribution < 1.29 is 14.4 Å². The molecule has 1 atom stereocenters. The summed E-state index contributed by atoms with van der Waals surface area (Å²) in [5.74, 6) is -1.50. The van der Waals surface area contributed by atoms with Crippen LogP contribution in [0.25, 0.3) is 0 Å². The van der Waals surface area contributed by atoms with Crippen LogP contribution >= 0.6 is 12.2 Å². The number of amides is 3. The van der Waals surface area contributed by atoms with Crippen LogP contribution in [0.2, 0.25) is 0 Å². The smallest absolute Gasteiger partial charge is 0.262 e. The lowest BCUT2D eigenvalue weighted by molar-refractivity contribution is -0.125. The summed E-state index contributed by atoms with van der Waals surface area (Å²) in [7, 11) is 0. The van der Waals surface area contributed by atoms with Crippen LogP contribution in [0, 0.1) is 0 Å². The third-order valence-electron chi connectivity index (χ3n) is 4.43. The van der Waals surface area contributed by atoms with Gasteiger partial charge < -0.3 is 5.32 Å². The number of thiocarbonyl (C=S) groups is 1. The van der Waals surface area contributed by atoms with Crippen molar-refractivity contribution in [2.45, 2.75) is 19.4 Å². The number of imide groups is 1. The number of carbonyl (C=O) groups excluding carboxylic acids is 3. The van der Waals surface area contributed by atoms with Gasteiger partial charge in [-0.2, -0.15) is 0 Å². The molecule has 0 spiro atoms. The highest BCUT2D eigenvalue weighted by Gasteiger charge is 2.40. The second kappa shape index (κ2) is 8.62. The molecule has 0 aromatic heterocycles. The fourth-order valence-corrected chi connectivity index (χ4v) is 3.06. The van der Waals surface area contributed by atoms with Gasteiger partial charge in [0.1, 0.15) is 6.04 Å². The minimum atomic E-state index is -0.980. The molecule has 1 aliphatic rings. The number of hydrazine groups is 1. The maximum atomic E-state index is 12.4. The summed E-state index contributed by atoms with van der Waals surface area (Å²) in [6.07, 6.45) is 0.780. The average Bonchev–Trinajstić information content (AvgIpc) is 2.97. The average molecular weight is 396 g/mol. The van der Waals surface area contributed by atoms with E-state index < -0.39 is 23.8 Å². The zero-order valence-corrected chi connectivity index (χ0v) is 16.1. The van der Waals surface area contributed by atoms with Gasteiger partial charge in [-0.1, -0.05) is 42.5 Å². The number of fused-ring (bicyclic) bond motifs is 1. The van der Waals surface area contributed by atoms with Gasteiger partial charge in [0.25, 0.3) is 17.7 Å². The van der Waals surface area contributed by atoms with E-state index in [1.165, 1.54) is 12.5 Å². The van der Waals surface area contributed by atoms with E-state index in [1.807, 2.05) is 30.3 Å². The second-order valence-electron chi connectivity index (χ2n) is 6.31. The predicted octanol–water partition coefficient (Wildman–Crippen LogP) is 1.41. The Morgan fingerprint density at radius 1 is 0.964 bits per heavy atom. The molecule has 1 aliphatic heterocycles. The molecule has 0 saturated carbocycles. The molecule has 0 radical (unpaired) electrons. The molecule has 28 heavy (non-hydrogen) atoms. The lowest BCUT2D eigenvalue weighted by atomic mass is 10.1. The largest absolute Gasteiger partial charge is 0.361 e. The monoisotopic (exact) mass is 396 g/mol. The van der Waals surface area contributed by atoms with Crippen molar-refractivity contribution >= 4 is 35.1 Å². The number of rotatable bonds is 5. The molecule has 3 N–H and O–H groups in total. The molecule has 144 valence electrons. The Balaban J connectivity index is 1.48. The van der Waals surface area contributed by atoms with E-state index in [2.05, 4.69) is 16.2 Å². The van der Waals surface area contributed by atoms with Gasteiger partial charge in [0.05, 0.1) is 11.1 Å². The van der Waals surface area contributed by atoms with Gasteiger partial charge >= 0.3 is 0 Å². The third-order valence-corrected chi connectivity index (χ3v) is 4.68. The maximum Gasteiger partial charge on any atom is 0.262 e. The molecule has 3 amide bonds. The Labute approximate surface area is 168 Å². The zero-order chi connectivity index (χ0) is 20.1. The highest BCUT2D eigenvalue weighted by Crippen LogP contribution is 2.24. The number of nitrogens with zero attached hydrogens (tertiary/aromatic N) is 1. The minimum Gasteiger partial charge on any atom is -0.361 e. The van der Waals surface area contributed by atoms with E-state index in [4.69, 9.17) is 12.2 Å². The zero-order valence-electron chi connectivity index (χ0n) is 15.3. The SMILES string of the molecule is C[C@H](C(=O)NNC(=S)NCCc1ccccc1)N1C(=O)c2ccccc2C1=O. The number of benzene rings is 2. The van der Waals surface area contributed by atoms with Gasteiger partial charge in [0, 0.05) is 6.54 Å². The van der Waals surface area contributed by atoms with Crippen molar-refractivity contribution in [3.05, 3.63) is 71.3 Å². The molecule has 2 aromatic rings. The molecule has 0 unspecified atom stereocenters. The fraction of sp³-hybridized carbons (Fsp3) is 0.200. The summed E-state index contributed by atoms with van der Waals surface area (Å²) in [4.78, 5) is 38.2. The maximum absolute atomic E-state index is 12.4. The van der Waals surface area contributed by atoms with Crippen LogP contribution < -0.4 is 16.2 Å². The summed E-state index contributed by atoms with van der Waals surface area (Å²) in [5, 5.41) is 3.23. The first-order chi connectivity index (χ1) is 13.5. The van der Waals surface area contributed by atoms with Crippen LogP contribution in [-0.2, 0) is 11.2 Å². The van der Waals surface area contributed by atoms with Gasteiger partial charge in [-0.3, -0.25) is 30.1 Å². The molecule has 0 aliphatic carbocycles. The van der Waals surface area contributed by atoms with Crippen molar-refractivity contribution in [1.29, 1.82) is 0 Å². The number of carbonyl (C=O) groups is 3. The Morgan fingerprint density at radius 3 is 2.14 bits per heavy atom. The number of hydrogen-bond donors (Lipinski definition) is 3. The highest BCUT2D eigenvalue weighted by molar-refractivity contribution is 7.80. The Hall–Kier alpha value is -3.26. The molecular formula is C20H20N4O3S. The topological polar surface area (TPSA) is 90.5 Å². The van der Waals surface area contributed by atoms with Crippen LogP contribution in [0.1, 0.15) is 33.2 Å². The fourth-order valence-electron chi connectivity index (χ4n) is 2.91. The van der Waals surface area contributed by atoms with Gasteiger partial charge in [-0.25, -0.2) is 0 Å². The quantitative estimate of drug-likeness (QED) is 0.402. The van der Waals surface area contributed by atoms with E-state index in [0.717, 1.165) is 11.3 Å². The standard InChI is InChI=1S/C20H20N4O3S/c1-13(24-18(26)15-9-5-6-10-16(15)19(24)27)17(25)22-23-20(28)21-12-11-14-7-3-2-4-8-14/h2-10,13H,11-12H2,1H3,(H,22,25)(H2,21,23,28)/t13-/m1/s1. The van der Waals surface area contributed by atoms with Gasteiger partial charge in [0.15, 0.2) is 5.11 Å². The Kier molecular flexibility index (Phi) is 6.00. The van der Waals surface area contributed by atoms with Crippen molar-refractivity contribution in [2.24, 2.45) is 0 Å². The number of nitrogens with one attached hydrogen (secondary N) is 3. The van der Waals surface area contributed by atoms with Gasteiger partial charge in [-0.05, 0) is 43.3 Å². The van der Waals surface area contributed by atoms with Crippen LogP contribution in [0.3, 0.4) is 0 Å². The van der Waals surface area contributed by atoms with Crippen molar-refractivity contribution in [1.82, 2.24) is 21.1 Å². The Bertz CT molecular complexity index is 882. The van der Waals surface area contributed by atoms with Gasteiger partial charge in [-0.15, -0.1) is 0 Å². The third kappa shape index (κ3) is 4.17. The molecule has 0 saturated heterocycles. The van der Waals surface area contributed by atoms with E-state index >= 15 is 0 Å². The van der Waals surface area contributed by atoms with Crippen LogP contribution in [-0.4, -0.2) is 40.3 Å². The van der Waals surface area contributed by atoms with Crippen molar-refractivity contribution in [2.75, 3.05) is 6.54 Å².